The highest BCUT2D eigenvalue weighted by Gasteiger charge is 2.31. The molecule has 2 aromatic rings. The number of ether oxygens (including phenoxy) is 1. The molecule has 0 spiro atoms. The van der Waals surface area contributed by atoms with Crippen LogP contribution in [0.4, 0.5) is 10.1 Å². The van der Waals surface area contributed by atoms with Crippen molar-refractivity contribution in [2.75, 3.05) is 24.6 Å². The molecule has 4 rings (SSSR count). The molecule has 3 heterocycles. The average molecular weight is 361 g/mol. The summed E-state index contributed by atoms with van der Waals surface area (Å²) in [6.07, 6.45) is 2.83. The van der Waals surface area contributed by atoms with Crippen LogP contribution in [-0.4, -0.2) is 41.4 Å². The number of anilines is 1. The molecule has 0 amide bonds. The zero-order valence-corrected chi connectivity index (χ0v) is 14.4. The third kappa shape index (κ3) is 2.44. The van der Waals surface area contributed by atoms with E-state index in [4.69, 9.17) is 10.5 Å². The van der Waals surface area contributed by atoms with Crippen molar-refractivity contribution in [1.29, 1.82) is 0 Å². The zero-order chi connectivity index (χ0) is 18.6. The topological polar surface area (TPSA) is 97.8 Å². The fourth-order valence-electron chi connectivity index (χ4n) is 3.78. The Balaban J connectivity index is 2.00. The number of nitrogens with two attached hydrogens (primary N) is 1. The van der Waals surface area contributed by atoms with Crippen molar-refractivity contribution >= 4 is 22.6 Å². The summed E-state index contributed by atoms with van der Waals surface area (Å²) in [7, 11) is 0. The summed E-state index contributed by atoms with van der Waals surface area (Å²) in [5.74, 6) is -1.60. The zero-order valence-electron chi connectivity index (χ0n) is 14.4. The fourth-order valence-corrected chi connectivity index (χ4v) is 3.78. The minimum atomic E-state index is -1.32. The number of piperidine rings is 1. The molecule has 3 N–H and O–H groups in total. The number of halogens is 1. The van der Waals surface area contributed by atoms with Crippen LogP contribution in [0.5, 0.6) is 5.75 Å². The summed E-state index contributed by atoms with van der Waals surface area (Å²) in [6.45, 7) is 3.34. The highest BCUT2D eigenvalue weighted by molar-refractivity contribution is 5.97. The number of carboxylic acid groups (broad SMARTS) is 1. The van der Waals surface area contributed by atoms with Crippen LogP contribution in [0.25, 0.3) is 10.9 Å². The molecule has 7 nitrogen and oxygen atoms in total. The summed E-state index contributed by atoms with van der Waals surface area (Å²) in [5, 5.41) is 9.34. The maximum atomic E-state index is 15.0. The first-order chi connectivity index (χ1) is 12.4. The molecule has 1 fully saturated rings. The Morgan fingerprint density at radius 3 is 2.73 bits per heavy atom. The van der Waals surface area contributed by atoms with Gasteiger partial charge < -0.3 is 25.0 Å². The Labute approximate surface area is 148 Å². The first-order valence-electron chi connectivity index (χ1n) is 8.66. The Kier molecular flexibility index (Phi) is 3.87. The quantitative estimate of drug-likeness (QED) is 0.845. The van der Waals surface area contributed by atoms with Crippen LogP contribution >= 0.6 is 0 Å². The number of pyridine rings is 1. The number of nitrogens with zero attached hydrogens (tertiary/aromatic N) is 2. The van der Waals surface area contributed by atoms with Crippen LogP contribution in [0.3, 0.4) is 0 Å². The third-order valence-electron chi connectivity index (χ3n) is 5.23. The van der Waals surface area contributed by atoms with Crippen LogP contribution in [-0.2, 0) is 0 Å². The Bertz CT molecular complexity index is 963. The molecular weight excluding hydrogens is 341 g/mol. The van der Waals surface area contributed by atoms with Gasteiger partial charge in [0, 0.05) is 25.3 Å². The molecule has 1 aromatic carbocycles. The van der Waals surface area contributed by atoms with Crippen LogP contribution in [0, 0.1) is 5.82 Å². The van der Waals surface area contributed by atoms with E-state index in [-0.39, 0.29) is 29.6 Å². The first kappa shape index (κ1) is 16.8. The van der Waals surface area contributed by atoms with Crippen molar-refractivity contribution in [2.24, 2.45) is 5.73 Å². The Morgan fingerprint density at radius 1 is 1.38 bits per heavy atom. The van der Waals surface area contributed by atoms with E-state index in [0.717, 1.165) is 18.9 Å². The van der Waals surface area contributed by atoms with Crippen molar-refractivity contribution in [3.05, 3.63) is 33.9 Å². The molecule has 1 aromatic heterocycles. The van der Waals surface area contributed by atoms with Gasteiger partial charge in [-0.1, -0.05) is 0 Å². The molecule has 2 aliphatic heterocycles. The minimum Gasteiger partial charge on any atom is -0.487 e. The molecule has 1 unspecified atom stereocenters. The largest absolute Gasteiger partial charge is 0.487 e. The predicted octanol–water partition coefficient (Wildman–Crippen LogP) is 1.72. The molecule has 26 heavy (non-hydrogen) atoms. The van der Waals surface area contributed by atoms with E-state index in [1.54, 1.807) is 4.57 Å². The summed E-state index contributed by atoms with van der Waals surface area (Å²) < 4.78 is 22.5. The minimum absolute atomic E-state index is 0.0291. The molecule has 0 bridgehead atoms. The van der Waals surface area contributed by atoms with Crippen LogP contribution in [0.1, 0.15) is 36.2 Å². The molecule has 0 aliphatic carbocycles. The summed E-state index contributed by atoms with van der Waals surface area (Å²) in [6, 6.07) is 1.07. The van der Waals surface area contributed by atoms with Gasteiger partial charge in [0.15, 0.2) is 11.6 Å². The number of carbonyl (C=O) groups is 1. The van der Waals surface area contributed by atoms with Gasteiger partial charge in [-0.25, -0.2) is 9.18 Å². The SMILES string of the molecule is CC1COc2c(N3CCC(N)CC3)c(F)cc3c(=O)c(C(=O)O)cn1c23. The molecule has 0 radical (unpaired) electrons. The van der Waals surface area contributed by atoms with Gasteiger partial charge >= 0.3 is 5.97 Å². The van der Waals surface area contributed by atoms with E-state index in [1.165, 1.54) is 6.20 Å². The average Bonchev–Trinajstić information content (AvgIpc) is 2.60. The van der Waals surface area contributed by atoms with E-state index in [9.17, 15) is 19.1 Å². The molecule has 0 saturated carbocycles. The highest BCUT2D eigenvalue weighted by atomic mass is 19.1. The second kappa shape index (κ2) is 5.98. The second-order valence-electron chi connectivity index (χ2n) is 7.00. The molecular formula is C18H20FN3O4. The van der Waals surface area contributed by atoms with Crippen LogP contribution in [0.2, 0.25) is 0 Å². The van der Waals surface area contributed by atoms with Crippen molar-refractivity contribution in [3.63, 3.8) is 0 Å². The van der Waals surface area contributed by atoms with E-state index < -0.39 is 17.2 Å². The number of benzene rings is 1. The number of carboxylic acids is 1. The maximum absolute atomic E-state index is 15.0. The molecule has 138 valence electrons. The monoisotopic (exact) mass is 361 g/mol. The number of aromatic carboxylic acids is 1. The molecule has 2 aliphatic rings. The van der Waals surface area contributed by atoms with E-state index >= 15 is 0 Å². The Hall–Kier alpha value is -2.61. The van der Waals surface area contributed by atoms with Gasteiger partial charge in [0.1, 0.15) is 17.9 Å². The lowest BCUT2D eigenvalue weighted by atomic mass is 10.0. The van der Waals surface area contributed by atoms with E-state index in [0.29, 0.717) is 30.0 Å². The number of hydrogen-bond donors (Lipinski definition) is 2. The van der Waals surface area contributed by atoms with Gasteiger partial charge in [-0.3, -0.25) is 4.79 Å². The van der Waals surface area contributed by atoms with Crippen molar-refractivity contribution in [1.82, 2.24) is 4.57 Å². The summed E-state index contributed by atoms with van der Waals surface area (Å²) in [4.78, 5) is 25.9. The van der Waals surface area contributed by atoms with Gasteiger partial charge in [-0.05, 0) is 25.8 Å². The molecule has 1 saturated heterocycles. The van der Waals surface area contributed by atoms with Gasteiger partial charge in [-0.2, -0.15) is 0 Å². The Morgan fingerprint density at radius 2 is 2.08 bits per heavy atom. The van der Waals surface area contributed by atoms with E-state index in [1.807, 2.05) is 11.8 Å². The fraction of sp³-hybridized carbons (Fsp3) is 0.444. The lowest BCUT2D eigenvalue weighted by molar-refractivity contribution is 0.0694. The lowest BCUT2D eigenvalue weighted by Gasteiger charge is -2.35. The van der Waals surface area contributed by atoms with Crippen LogP contribution in [0.15, 0.2) is 17.1 Å². The molecule has 8 heteroatoms. The number of aromatic nitrogens is 1. The smallest absolute Gasteiger partial charge is 0.341 e. The van der Waals surface area contributed by atoms with E-state index in [2.05, 4.69) is 0 Å². The predicted molar refractivity (Wildman–Crippen MR) is 94.8 cm³/mol. The second-order valence-corrected chi connectivity index (χ2v) is 7.00. The van der Waals surface area contributed by atoms with Gasteiger partial charge in [0.2, 0.25) is 5.43 Å². The van der Waals surface area contributed by atoms with Crippen LogP contribution < -0.4 is 20.8 Å². The summed E-state index contributed by atoms with van der Waals surface area (Å²) >= 11 is 0. The van der Waals surface area contributed by atoms with Crippen molar-refractivity contribution in [2.45, 2.75) is 31.8 Å². The summed E-state index contributed by atoms with van der Waals surface area (Å²) in [5.41, 5.74) is 5.65. The van der Waals surface area contributed by atoms with Gasteiger partial charge in [0.05, 0.1) is 16.9 Å². The van der Waals surface area contributed by atoms with Crippen molar-refractivity contribution in [3.8, 4) is 5.75 Å². The maximum Gasteiger partial charge on any atom is 0.341 e. The number of hydrogen-bond acceptors (Lipinski definition) is 5. The molecule has 1 atom stereocenters. The van der Waals surface area contributed by atoms with Gasteiger partial charge in [-0.15, -0.1) is 0 Å². The lowest BCUT2D eigenvalue weighted by Crippen LogP contribution is -2.40. The number of rotatable bonds is 2. The highest BCUT2D eigenvalue weighted by Crippen LogP contribution is 2.42. The third-order valence-corrected chi connectivity index (χ3v) is 5.23. The normalized spacial score (nSPS) is 20.3. The first-order valence-corrected chi connectivity index (χ1v) is 8.66. The van der Waals surface area contributed by atoms with Gasteiger partial charge in [0.25, 0.3) is 0 Å². The van der Waals surface area contributed by atoms with Crippen molar-refractivity contribution < 1.29 is 19.0 Å². The standard InChI is InChI=1S/C18H20FN3O4/c1-9-8-26-17-14-11(16(23)12(18(24)25)7-22(9)14)6-13(19)15(17)21-4-2-10(20)3-5-21/h6-7,9-10H,2-5,8,20H2,1H3,(H,24,25).